The van der Waals surface area contributed by atoms with E-state index in [1.165, 1.54) is 0 Å². The van der Waals surface area contributed by atoms with Gasteiger partial charge in [-0.25, -0.2) is 4.99 Å². The predicted octanol–water partition coefficient (Wildman–Crippen LogP) is 0.862. The van der Waals surface area contributed by atoms with Crippen molar-refractivity contribution in [2.24, 2.45) is 10.7 Å². The Morgan fingerprint density at radius 1 is 1.78 bits per heavy atom. The van der Waals surface area contributed by atoms with Crippen LogP contribution in [0, 0.1) is 0 Å². The Morgan fingerprint density at radius 2 is 2.44 bits per heavy atom. The number of aliphatic imine (C=N–C) groups is 1. The molecule has 0 saturated carbocycles. The number of nitrogens with one attached hydrogen (secondary N) is 1. The second-order valence-corrected chi connectivity index (χ2v) is 3.76. The van der Waals surface area contributed by atoms with Gasteiger partial charge in [0.15, 0.2) is 4.57 Å². The minimum Gasteiger partial charge on any atom is -0.358 e. The fraction of sp³-hybridized carbons (Fsp3) is 0.250. The highest BCUT2D eigenvalue weighted by Gasteiger charge is 2.17. The summed E-state index contributed by atoms with van der Waals surface area (Å²) in [5, 5.41) is 2.84. The summed E-state index contributed by atoms with van der Waals surface area (Å²) in [5.41, 5.74) is 5.53. The van der Waals surface area contributed by atoms with Crippen LogP contribution in [-0.4, -0.2) is 10.8 Å². The first kappa shape index (κ1) is 7.24. The Hall–Kier alpha value is 0.130. The number of hydrogen-bond donors (Lipinski definition) is 2. The molecular weight excluding hydrogens is 250 g/mol. The Labute approximate surface area is 69.7 Å². The molecule has 1 rings (SSSR count). The summed E-state index contributed by atoms with van der Waals surface area (Å²) in [6, 6.07) is 0. The summed E-state index contributed by atoms with van der Waals surface area (Å²) in [5.74, 6) is 0. The molecule has 1 aliphatic rings. The summed E-state index contributed by atoms with van der Waals surface area (Å²) < 4.78 is 0.0626. The predicted molar refractivity (Wildman–Crippen MR) is 44.5 cm³/mol. The van der Waals surface area contributed by atoms with Crippen LogP contribution in [-0.2, 0) is 0 Å². The van der Waals surface area contributed by atoms with E-state index in [1.807, 2.05) is 0 Å². The summed E-state index contributed by atoms with van der Waals surface area (Å²) in [6.45, 7) is 0. The lowest BCUT2D eigenvalue weighted by Crippen LogP contribution is -2.47. The summed E-state index contributed by atoms with van der Waals surface area (Å²) in [7, 11) is 0. The fourth-order valence-electron chi connectivity index (χ4n) is 0.400. The molecule has 0 aromatic rings. The second kappa shape index (κ2) is 2.40. The number of nitrogens with two attached hydrogens (primary N) is 1. The molecule has 50 valence electrons. The third kappa shape index (κ3) is 2.08. The van der Waals surface area contributed by atoms with Gasteiger partial charge in [-0.05, 0) is 31.9 Å². The summed E-state index contributed by atoms with van der Waals surface area (Å²) in [4.78, 5) is 3.90. The molecule has 5 heteroatoms. The lowest BCUT2D eigenvalue weighted by molar-refractivity contribution is 0.727. The highest BCUT2D eigenvalue weighted by molar-refractivity contribution is 9.11. The van der Waals surface area contributed by atoms with E-state index in [0.717, 1.165) is 4.61 Å². The highest BCUT2D eigenvalue weighted by Crippen LogP contribution is 2.13. The van der Waals surface area contributed by atoms with E-state index in [0.29, 0.717) is 0 Å². The third-order valence-electron chi connectivity index (χ3n) is 0.788. The molecule has 0 radical (unpaired) electrons. The molecule has 1 atom stereocenters. The minimum absolute atomic E-state index is 0.676. The van der Waals surface area contributed by atoms with E-state index in [-0.39, 0.29) is 0 Å². The first-order valence-electron chi connectivity index (χ1n) is 2.26. The van der Waals surface area contributed by atoms with Gasteiger partial charge in [-0.1, -0.05) is 0 Å². The average Bonchev–Trinajstić information content (AvgIpc) is 1.78. The normalized spacial score (nSPS) is 33.4. The van der Waals surface area contributed by atoms with Crippen LogP contribution in [0.1, 0.15) is 0 Å². The number of halogens is 2. The molecule has 0 aromatic heterocycles. The van der Waals surface area contributed by atoms with Crippen LogP contribution in [0.15, 0.2) is 15.8 Å². The number of hydrogen-bond acceptors (Lipinski definition) is 3. The van der Waals surface area contributed by atoms with Gasteiger partial charge in [0.1, 0.15) is 4.61 Å². The number of nitrogens with zero attached hydrogens (tertiary/aromatic N) is 1. The zero-order chi connectivity index (χ0) is 6.91. The van der Waals surface area contributed by atoms with Crippen molar-refractivity contribution >= 4 is 38.1 Å². The van der Waals surface area contributed by atoms with E-state index in [4.69, 9.17) is 5.73 Å². The molecule has 9 heavy (non-hydrogen) atoms. The Balaban J connectivity index is 2.70. The Bertz CT molecular complexity index is 173. The topological polar surface area (TPSA) is 50.4 Å². The van der Waals surface area contributed by atoms with Gasteiger partial charge in [-0.15, -0.1) is 0 Å². The SMILES string of the molecule is NC1(Br)C=NC(Br)=CN1. The van der Waals surface area contributed by atoms with Gasteiger partial charge < -0.3 is 5.32 Å². The van der Waals surface area contributed by atoms with Gasteiger partial charge in [-0.2, -0.15) is 0 Å². The molecular formula is C4H5Br2N3. The van der Waals surface area contributed by atoms with Crippen molar-refractivity contribution in [1.82, 2.24) is 5.32 Å². The monoisotopic (exact) mass is 253 g/mol. The molecule has 3 N–H and O–H groups in total. The lowest BCUT2D eigenvalue weighted by atomic mass is 10.5. The Kier molecular flexibility index (Phi) is 1.93. The molecule has 0 bridgehead atoms. The van der Waals surface area contributed by atoms with Gasteiger partial charge in [0.05, 0.1) is 6.21 Å². The van der Waals surface area contributed by atoms with Gasteiger partial charge in [-0.3, -0.25) is 5.73 Å². The van der Waals surface area contributed by atoms with Crippen molar-refractivity contribution in [2.45, 2.75) is 4.57 Å². The van der Waals surface area contributed by atoms with Gasteiger partial charge in [0.25, 0.3) is 0 Å². The standard InChI is InChI=1S/C4H5Br2N3/c5-3-1-9-4(6,7)2-8-3/h1-2,9H,7H2. The van der Waals surface area contributed by atoms with Crippen molar-refractivity contribution in [2.75, 3.05) is 0 Å². The molecule has 0 aromatic carbocycles. The van der Waals surface area contributed by atoms with Crippen LogP contribution in [0.4, 0.5) is 0 Å². The molecule has 0 fully saturated rings. The van der Waals surface area contributed by atoms with E-state index >= 15 is 0 Å². The molecule has 0 amide bonds. The van der Waals surface area contributed by atoms with E-state index < -0.39 is 4.57 Å². The fourth-order valence-corrected chi connectivity index (χ4v) is 0.834. The zero-order valence-electron chi connectivity index (χ0n) is 4.44. The smallest absolute Gasteiger partial charge is 0.180 e. The van der Waals surface area contributed by atoms with Crippen molar-refractivity contribution in [3.8, 4) is 0 Å². The Morgan fingerprint density at radius 3 is 2.78 bits per heavy atom. The third-order valence-corrected chi connectivity index (χ3v) is 1.66. The maximum absolute atomic E-state index is 5.53. The lowest BCUT2D eigenvalue weighted by Gasteiger charge is -2.20. The van der Waals surface area contributed by atoms with Crippen LogP contribution in [0.25, 0.3) is 0 Å². The zero-order valence-corrected chi connectivity index (χ0v) is 7.61. The van der Waals surface area contributed by atoms with E-state index in [1.54, 1.807) is 12.4 Å². The number of alkyl halides is 1. The van der Waals surface area contributed by atoms with Gasteiger partial charge in [0, 0.05) is 6.20 Å². The van der Waals surface area contributed by atoms with Crippen LogP contribution in [0.3, 0.4) is 0 Å². The van der Waals surface area contributed by atoms with Crippen molar-refractivity contribution in [3.05, 3.63) is 10.8 Å². The molecule has 0 aliphatic carbocycles. The molecule has 1 unspecified atom stereocenters. The summed E-state index contributed by atoms with van der Waals surface area (Å²) >= 11 is 6.34. The number of rotatable bonds is 0. The minimum atomic E-state index is -0.676. The maximum atomic E-state index is 5.53. The molecule has 1 aliphatic heterocycles. The van der Waals surface area contributed by atoms with Gasteiger partial charge in [0.2, 0.25) is 0 Å². The molecule has 0 saturated heterocycles. The van der Waals surface area contributed by atoms with Crippen LogP contribution >= 0.6 is 31.9 Å². The first-order valence-corrected chi connectivity index (χ1v) is 3.85. The molecule has 0 spiro atoms. The summed E-state index contributed by atoms with van der Waals surface area (Å²) in [6.07, 6.45) is 3.24. The average molecular weight is 255 g/mol. The van der Waals surface area contributed by atoms with Crippen LogP contribution < -0.4 is 11.1 Å². The quantitative estimate of drug-likeness (QED) is 0.498. The van der Waals surface area contributed by atoms with E-state index in [9.17, 15) is 0 Å². The first-order chi connectivity index (χ1) is 4.10. The van der Waals surface area contributed by atoms with Crippen molar-refractivity contribution in [1.29, 1.82) is 0 Å². The van der Waals surface area contributed by atoms with Crippen molar-refractivity contribution in [3.63, 3.8) is 0 Å². The highest BCUT2D eigenvalue weighted by atomic mass is 79.9. The van der Waals surface area contributed by atoms with Crippen LogP contribution in [0.2, 0.25) is 0 Å². The second-order valence-electron chi connectivity index (χ2n) is 1.64. The maximum Gasteiger partial charge on any atom is 0.180 e. The largest absolute Gasteiger partial charge is 0.358 e. The van der Waals surface area contributed by atoms with Gasteiger partial charge >= 0.3 is 0 Å². The van der Waals surface area contributed by atoms with Crippen LogP contribution in [0.5, 0.6) is 0 Å². The molecule has 3 nitrogen and oxygen atoms in total. The van der Waals surface area contributed by atoms with E-state index in [2.05, 4.69) is 42.2 Å². The molecule has 1 heterocycles. The van der Waals surface area contributed by atoms with Crippen molar-refractivity contribution < 1.29 is 0 Å².